The van der Waals surface area contributed by atoms with Gasteiger partial charge in [-0.25, -0.2) is 4.98 Å². The minimum atomic E-state index is -0.156. The molecule has 110 valence electrons. The van der Waals surface area contributed by atoms with E-state index in [0.29, 0.717) is 11.3 Å². The summed E-state index contributed by atoms with van der Waals surface area (Å²) in [5.74, 6) is 0.570. The van der Waals surface area contributed by atoms with E-state index in [1.807, 2.05) is 39.0 Å². The van der Waals surface area contributed by atoms with E-state index in [0.717, 1.165) is 30.2 Å². The Hall–Kier alpha value is -2.43. The van der Waals surface area contributed by atoms with Crippen LogP contribution in [-0.4, -0.2) is 22.4 Å². The predicted octanol–water partition coefficient (Wildman–Crippen LogP) is 3.03. The highest BCUT2D eigenvalue weighted by Gasteiger charge is 2.10. The first-order valence-electron chi connectivity index (χ1n) is 7.11. The van der Waals surface area contributed by atoms with Crippen LogP contribution in [0.15, 0.2) is 30.5 Å². The molecule has 2 heterocycles. The van der Waals surface area contributed by atoms with E-state index in [1.165, 1.54) is 0 Å². The molecule has 0 saturated heterocycles. The maximum atomic E-state index is 12.3. The zero-order valence-electron chi connectivity index (χ0n) is 12.6. The Labute approximate surface area is 124 Å². The van der Waals surface area contributed by atoms with Crippen LogP contribution in [0.2, 0.25) is 0 Å². The second-order valence-corrected chi connectivity index (χ2v) is 4.76. The maximum Gasteiger partial charge on any atom is 0.255 e. The number of amides is 1. The number of hydrogen-bond acceptors (Lipinski definition) is 4. The number of nitrogens with one attached hydrogen (secondary N) is 2. The molecule has 2 aromatic rings. The molecular formula is C16H20N4O. The third kappa shape index (κ3) is 4.02. The number of rotatable bonds is 5. The van der Waals surface area contributed by atoms with Crippen molar-refractivity contribution in [2.45, 2.75) is 27.2 Å². The predicted molar refractivity (Wildman–Crippen MR) is 84.7 cm³/mol. The number of nitrogens with zero attached hydrogens (tertiary/aromatic N) is 2. The molecule has 1 amide bonds. The largest absolute Gasteiger partial charge is 0.370 e. The zero-order chi connectivity index (χ0) is 15.2. The molecule has 5 heteroatoms. The summed E-state index contributed by atoms with van der Waals surface area (Å²) < 4.78 is 0. The number of hydrogen-bond donors (Lipinski definition) is 2. The SMILES string of the molecule is CCNc1cc(C(=O)Nc2ccc(C)nc2)cc(CC)n1. The lowest BCUT2D eigenvalue weighted by atomic mass is 10.1. The molecule has 0 aliphatic rings. The second-order valence-electron chi connectivity index (χ2n) is 4.76. The Morgan fingerprint density at radius 3 is 2.67 bits per heavy atom. The second kappa shape index (κ2) is 6.83. The Morgan fingerprint density at radius 1 is 1.24 bits per heavy atom. The molecule has 2 N–H and O–H groups in total. The summed E-state index contributed by atoms with van der Waals surface area (Å²) in [5, 5.41) is 5.99. The molecule has 21 heavy (non-hydrogen) atoms. The number of anilines is 2. The van der Waals surface area contributed by atoms with E-state index in [-0.39, 0.29) is 5.91 Å². The van der Waals surface area contributed by atoms with Gasteiger partial charge in [0.1, 0.15) is 5.82 Å². The molecule has 0 bridgehead atoms. The molecule has 0 spiro atoms. The van der Waals surface area contributed by atoms with Crippen molar-refractivity contribution in [3.8, 4) is 0 Å². The highest BCUT2D eigenvalue weighted by Crippen LogP contribution is 2.14. The van der Waals surface area contributed by atoms with Crippen molar-refractivity contribution in [3.05, 3.63) is 47.4 Å². The van der Waals surface area contributed by atoms with Crippen molar-refractivity contribution in [1.82, 2.24) is 9.97 Å². The molecule has 0 fully saturated rings. The molecule has 0 atom stereocenters. The summed E-state index contributed by atoms with van der Waals surface area (Å²) in [6.45, 7) is 6.69. The topological polar surface area (TPSA) is 66.9 Å². The van der Waals surface area contributed by atoms with E-state index in [1.54, 1.807) is 12.3 Å². The van der Waals surface area contributed by atoms with Gasteiger partial charge in [-0.2, -0.15) is 0 Å². The normalized spacial score (nSPS) is 10.2. The van der Waals surface area contributed by atoms with Gasteiger partial charge >= 0.3 is 0 Å². The van der Waals surface area contributed by atoms with Gasteiger partial charge in [-0.3, -0.25) is 9.78 Å². The van der Waals surface area contributed by atoms with Gasteiger partial charge in [0.15, 0.2) is 0 Å². The van der Waals surface area contributed by atoms with Gasteiger partial charge in [0.05, 0.1) is 11.9 Å². The molecule has 0 aliphatic carbocycles. The summed E-state index contributed by atoms with van der Waals surface area (Å²) in [6.07, 6.45) is 2.44. The van der Waals surface area contributed by atoms with Crippen LogP contribution in [0.25, 0.3) is 0 Å². The molecule has 0 aromatic carbocycles. The highest BCUT2D eigenvalue weighted by molar-refractivity contribution is 6.04. The number of aryl methyl sites for hydroxylation is 2. The lowest BCUT2D eigenvalue weighted by molar-refractivity contribution is 0.102. The van der Waals surface area contributed by atoms with Crippen LogP contribution in [0, 0.1) is 6.92 Å². The molecule has 0 unspecified atom stereocenters. The van der Waals surface area contributed by atoms with Crippen LogP contribution in [0.3, 0.4) is 0 Å². The van der Waals surface area contributed by atoms with Crippen molar-refractivity contribution >= 4 is 17.4 Å². The average molecular weight is 284 g/mol. The van der Waals surface area contributed by atoms with E-state index in [2.05, 4.69) is 20.6 Å². The fraction of sp³-hybridized carbons (Fsp3) is 0.312. The van der Waals surface area contributed by atoms with Crippen LogP contribution >= 0.6 is 0 Å². The van der Waals surface area contributed by atoms with Crippen molar-refractivity contribution in [3.63, 3.8) is 0 Å². The molecule has 2 aromatic heterocycles. The fourth-order valence-corrected chi connectivity index (χ4v) is 1.92. The highest BCUT2D eigenvalue weighted by atomic mass is 16.1. The van der Waals surface area contributed by atoms with Crippen LogP contribution in [0.1, 0.15) is 35.6 Å². The van der Waals surface area contributed by atoms with Crippen LogP contribution in [0.5, 0.6) is 0 Å². The minimum absolute atomic E-state index is 0.156. The van der Waals surface area contributed by atoms with Gasteiger partial charge in [0, 0.05) is 23.5 Å². The Kier molecular flexibility index (Phi) is 4.87. The number of aromatic nitrogens is 2. The number of carbonyl (C=O) groups is 1. The molecular weight excluding hydrogens is 264 g/mol. The fourth-order valence-electron chi connectivity index (χ4n) is 1.92. The monoisotopic (exact) mass is 284 g/mol. The number of pyridine rings is 2. The maximum absolute atomic E-state index is 12.3. The van der Waals surface area contributed by atoms with Crippen LogP contribution in [-0.2, 0) is 6.42 Å². The van der Waals surface area contributed by atoms with E-state index < -0.39 is 0 Å². The summed E-state index contributed by atoms with van der Waals surface area (Å²) in [5.41, 5.74) is 3.09. The van der Waals surface area contributed by atoms with Gasteiger partial charge in [-0.1, -0.05) is 6.92 Å². The van der Waals surface area contributed by atoms with E-state index in [4.69, 9.17) is 0 Å². The minimum Gasteiger partial charge on any atom is -0.370 e. The Morgan fingerprint density at radius 2 is 2.05 bits per heavy atom. The van der Waals surface area contributed by atoms with Gasteiger partial charge in [0.2, 0.25) is 0 Å². The molecule has 0 aliphatic heterocycles. The average Bonchev–Trinajstić information content (AvgIpc) is 2.49. The van der Waals surface area contributed by atoms with Crippen LogP contribution < -0.4 is 10.6 Å². The molecule has 5 nitrogen and oxygen atoms in total. The van der Waals surface area contributed by atoms with E-state index >= 15 is 0 Å². The molecule has 2 rings (SSSR count). The van der Waals surface area contributed by atoms with Gasteiger partial charge in [-0.15, -0.1) is 0 Å². The summed E-state index contributed by atoms with van der Waals surface area (Å²) >= 11 is 0. The third-order valence-corrected chi connectivity index (χ3v) is 3.03. The standard InChI is InChI=1S/C16H20N4O/c1-4-13-8-12(9-15(19-13)17-5-2)16(21)20-14-7-6-11(3)18-10-14/h6-10H,4-5H2,1-3H3,(H,17,19)(H,20,21). The van der Waals surface area contributed by atoms with Gasteiger partial charge in [0.25, 0.3) is 5.91 Å². The van der Waals surface area contributed by atoms with Gasteiger partial charge < -0.3 is 10.6 Å². The van der Waals surface area contributed by atoms with Crippen molar-refractivity contribution in [2.24, 2.45) is 0 Å². The smallest absolute Gasteiger partial charge is 0.255 e. The molecule has 0 radical (unpaired) electrons. The number of carbonyl (C=O) groups excluding carboxylic acids is 1. The van der Waals surface area contributed by atoms with E-state index in [9.17, 15) is 4.79 Å². The lowest BCUT2D eigenvalue weighted by Crippen LogP contribution is -2.14. The first kappa shape index (κ1) is 15.0. The Bertz CT molecular complexity index is 623. The Balaban J connectivity index is 2.21. The van der Waals surface area contributed by atoms with Gasteiger partial charge in [-0.05, 0) is 44.5 Å². The summed E-state index contributed by atoms with van der Waals surface area (Å²) in [7, 11) is 0. The quantitative estimate of drug-likeness (QED) is 0.885. The van der Waals surface area contributed by atoms with Crippen molar-refractivity contribution < 1.29 is 4.79 Å². The van der Waals surface area contributed by atoms with Crippen molar-refractivity contribution in [2.75, 3.05) is 17.2 Å². The summed E-state index contributed by atoms with van der Waals surface area (Å²) in [6, 6.07) is 7.29. The van der Waals surface area contributed by atoms with Crippen molar-refractivity contribution in [1.29, 1.82) is 0 Å². The lowest BCUT2D eigenvalue weighted by Gasteiger charge is -2.09. The zero-order valence-corrected chi connectivity index (χ0v) is 12.6. The molecule has 0 saturated carbocycles. The third-order valence-electron chi connectivity index (χ3n) is 3.03. The first-order chi connectivity index (χ1) is 10.1. The van der Waals surface area contributed by atoms with Crippen LogP contribution in [0.4, 0.5) is 11.5 Å². The first-order valence-corrected chi connectivity index (χ1v) is 7.11. The summed E-state index contributed by atoms with van der Waals surface area (Å²) in [4.78, 5) is 20.9.